The summed E-state index contributed by atoms with van der Waals surface area (Å²) in [5, 5.41) is 0. The minimum atomic E-state index is 0.300. The van der Waals surface area contributed by atoms with E-state index in [9.17, 15) is 4.79 Å². The quantitative estimate of drug-likeness (QED) is 0.830. The van der Waals surface area contributed by atoms with Crippen LogP contribution >= 0.6 is 0 Å². The van der Waals surface area contributed by atoms with E-state index in [1.807, 2.05) is 4.90 Å². The van der Waals surface area contributed by atoms with Crippen molar-refractivity contribution in [2.24, 2.45) is 0 Å². The standard InChI is InChI=1S/C22H27N3O/c26-22(11-13-24-12-10-20-8-4-5-9-21(20)24)25-16-14-23(15-17-25)18-19-6-2-1-3-7-19/h1-9H,10-18H2. The van der Waals surface area contributed by atoms with Gasteiger partial charge in [0.15, 0.2) is 0 Å². The first kappa shape index (κ1) is 17.1. The Morgan fingerprint density at radius 1 is 0.846 bits per heavy atom. The number of carbonyl (C=O) groups is 1. The summed E-state index contributed by atoms with van der Waals surface area (Å²) >= 11 is 0. The number of para-hydroxylation sites is 1. The van der Waals surface area contributed by atoms with E-state index in [2.05, 4.69) is 64.4 Å². The first-order chi connectivity index (χ1) is 12.8. The zero-order chi connectivity index (χ0) is 17.8. The summed E-state index contributed by atoms with van der Waals surface area (Å²) in [6.45, 7) is 6.48. The third-order valence-corrected chi connectivity index (χ3v) is 5.55. The third-order valence-electron chi connectivity index (χ3n) is 5.55. The van der Waals surface area contributed by atoms with Gasteiger partial charge in [0.25, 0.3) is 0 Å². The van der Waals surface area contributed by atoms with E-state index in [1.54, 1.807) is 0 Å². The summed E-state index contributed by atoms with van der Waals surface area (Å²) in [7, 11) is 0. The molecule has 0 aliphatic carbocycles. The normalized spacial score (nSPS) is 17.4. The monoisotopic (exact) mass is 349 g/mol. The Kier molecular flexibility index (Phi) is 5.21. The Bertz CT molecular complexity index is 738. The van der Waals surface area contributed by atoms with E-state index in [0.717, 1.165) is 52.2 Å². The highest BCUT2D eigenvalue weighted by molar-refractivity contribution is 5.77. The molecule has 26 heavy (non-hydrogen) atoms. The maximum absolute atomic E-state index is 12.6. The summed E-state index contributed by atoms with van der Waals surface area (Å²) in [6.07, 6.45) is 1.72. The fraction of sp³-hybridized carbons (Fsp3) is 0.409. The Labute approximate surface area is 156 Å². The number of amides is 1. The van der Waals surface area contributed by atoms with Gasteiger partial charge >= 0.3 is 0 Å². The van der Waals surface area contributed by atoms with Gasteiger partial charge in [0.05, 0.1) is 0 Å². The van der Waals surface area contributed by atoms with Gasteiger partial charge in [-0.05, 0) is 23.6 Å². The summed E-state index contributed by atoms with van der Waals surface area (Å²) in [6, 6.07) is 19.1. The predicted molar refractivity (Wildman–Crippen MR) is 105 cm³/mol. The third kappa shape index (κ3) is 3.91. The molecule has 1 amide bonds. The molecule has 136 valence electrons. The molecule has 0 unspecified atom stereocenters. The molecule has 0 saturated carbocycles. The maximum atomic E-state index is 12.6. The van der Waals surface area contributed by atoms with Gasteiger partial charge < -0.3 is 9.80 Å². The van der Waals surface area contributed by atoms with Crippen LogP contribution in [0.4, 0.5) is 5.69 Å². The molecular weight excluding hydrogens is 322 g/mol. The van der Waals surface area contributed by atoms with Crippen LogP contribution in [0.15, 0.2) is 54.6 Å². The second-order valence-electron chi connectivity index (χ2n) is 7.26. The van der Waals surface area contributed by atoms with Gasteiger partial charge in [0, 0.05) is 57.9 Å². The molecule has 0 atom stereocenters. The molecule has 2 aliphatic heterocycles. The van der Waals surface area contributed by atoms with E-state index in [1.165, 1.54) is 16.8 Å². The molecule has 0 bridgehead atoms. The number of piperazine rings is 1. The fourth-order valence-corrected chi connectivity index (χ4v) is 4.02. The second kappa shape index (κ2) is 7.92. The molecule has 2 aromatic rings. The van der Waals surface area contributed by atoms with E-state index in [4.69, 9.17) is 0 Å². The van der Waals surface area contributed by atoms with Crippen molar-refractivity contribution in [2.45, 2.75) is 19.4 Å². The van der Waals surface area contributed by atoms with Gasteiger partial charge in [-0.3, -0.25) is 9.69 Å². The molecule has 1 fully saturated rings. The predicted octanol–water partition coefficient (Wildman–Crippen LogP) is 2.78. The van der Waals surface area contributed by atoms with E-state index < -0.39 is 0 Å². The van der Waals surface area contributed by atoms with Crippen molar-refractivity contribution in [1.82, 2.24) is 9.80 Å². The highest BCUT2D eigenvalue weighted by atomic mass is 16.2. The van der Waals surface area contributed by atoms with Crippen molar-refractivity contribution in [2.75, 3.05) is 44.2 Å². The average Bonchev–Trinajstić information content (AvgIpc) is 3.11. The van der Waals surface area contributed by atoms with Crippen molar-refractivity contribution >= 4 is 11.6 Å². The number of fused-ring (bicyclic) bond motifs is 1. The number of carbonyl (C=O) groups excluding carboxylic acids is 1. The minimum absolute atomic E-state index is 0.300. The lowest BCUT2D eigenvalue weighted by molar-refractivity contribution is -0.132. The summed E-state index contributed by atoms with van der Waals surface area (Å²) < 4.78 is 0. The number of benzene rings is 2. The van der Waals surface area contributed by atoms with Crippen molar-refractivity contribution in [3.05, 3.63) is 65.7 Å². The first-order valence-electron chi connectivity index (χ1n) is 9.66. The number of hydrogen-bond acceptors (Lipinski definition) is 3. The van der Waals surface area contributed by atoms with Crippen LogP contribution in [0.25, 0.3) is 0 Å². The van der Waals surface area contributed by atoms with Gasteiger partial charge in [-0.1, -0.05) is 48.5 Å². The molecule has 2 heterocycles. The summed E-state index contributed by atoms with van der Waals surface area (Å²) in [5.41, 5.74) is 4.07. The molecule has 0 aromatic heterocycles. The zero-order valence-corrected chi connectivity index (χ0v) is 15.3. The largest absolute Gasteiger partial charge is 0.370 e. The summed E-state index contributed by atoms with van der Waals surface area (Å²) in [4.78, 5) is 19.5. The molecule has 4 heteroatoms. The van der Waals surface area contributed by atoms with Crippen molar-refractivity contribution in [3.63, 3.8) is 0 Å². The number of hydrogen-bond donors (Lipinski definition) is 0. The lowest BCUT2D eigenvalue weighted by Crippen LogP contribution is -2.48. The Hall–Kier alpha value is -2.33. The van der Waals surface area contributed by atoms with E-state index in [-0.39, 0.29) is 0 Å². The highest BCUT2D eigenvalue weighted by Crippen LogP contribution is 2.27. The van der Waals surface area contributed by atoms with Crippen molar-refractivity contribution in [3.8, 4) is 0 Å². The lowest BCUT2D eigenvalue weighted by atomic mass is 10.2. The Balaban J connectivity index is 1.23. The number of nitrogens with zero attached hydrogens (tertiary/aromatic N) is 3. The van der Waals surface area contributed by atoms with Gasteiger partial charge in [0.1, 0.15) is 0 Å². The minimum Gasteiger partial charge on any atom is -0.370 e. The topological polar surface area (TPSA) is 26.8 Å². The molecule has 0 radical (unpaired) electrons. The molecule has 2 aromatic carbocycles. The van der Waals surface area contributed by atoms with Crippen molar-refractivity contribution < 1.29 is 4.79 Å². The molecule has 0 N–H and O–H groups in total. The van der Waals surface area contributed by atoms with Gasteiger partial charge in [-0.25, -0.2) is 0 Å². The SMILES string of the molecule is O=C(CCN1CCc2ccccc21)N1CCN(Cc2ccccc2)CC1. The van der Waals surface area contributed by atoms with Crippen LogP contribution in [-0.2, 0) is 17.8 Å². The molecule has 2 aliphatic rings. The Morgan fingerprint density at radius 3 is 2.38 bits per heavy atom. The lowest BCUT2D eigenvalue weighted by Gasteiger charge is -2.35. The van der Waals surface area contributed by atoms with E-state index in [0.29, 0.717) is 12.3 Å². The smallest absolute Gasteiger partial charge is 0.224 e. The van der Waals surface area contributed by atoms with Crippen LogP contribution < -0.4 is 4.90 Å². The van der Waals surface area contributed by atoms with Crippen LogP contribution in [-0.4, -0.2) is 55.0 Å². The van der Waals surface area contributed by atoms with Gasteiger partial charge in [-0.2, -0.15) is 0 Å². The molecule has 1 saturated heterocycles. The molecule has 4 rings (SSSR count). The second-order valence-corrected chi connectivity index (χ2v) is 7.26. The fourth-order valence-electron chi connectivity index (χ4n) is 4.02. The summed E-state index contributed by atoms with van der Waals surface area (Å²) in [5.74, 6) is 0.300. The molecule has 0 spiro atoms. The van der Waals surface area contributed by atoms with E-state index >= 15 is 0 Å². The zero-order valence-electron chi connectivity index (χ0n) is 15.3. The van der Waals surface area contributed by atoms with Crippen LogP contribution in [0.5, 0.6) is 0 Å². The van der Waals surface area contributed by atoms with Crippen LogP contribution in [0, 0.1) is 0 Å². The Morgan fingerprint density at radius 2 is 1.58 bits per heavy atom. The van der Waals surface area contributed by atoms with Gasteiger partial charge in [-0.15, -0.1) is 0 Å². The van der Waals surface area contributed by atoms with Crippen LogP contribution in [0.3, 0.4) is 0 Å². The molecular formula is C22H27N3O. The van der Waals surface area contributed by atoms with Crippen LogP contribution in [0.1, 0.15) is 17.5 Å². The average molecular weight is 349 g/mol. The molecule has 4 nitrogen and oxygen atoms in total. The highest BCUT2D eigenvalue weighted by Gasteiger charge is 2.23. The van der Waals surface area contributed by atoms with Crippen LogP contribution in [0.2, 0.25) is 0 Å². The number of rotatable bonds is 5. The first-order valence-corrected chi connectivity index (χ1v) is 9.66. The maximum Gasteiger partial charge on any atom is 0.224 e. The van der Waals surface area contributed by atoms with Crippen molar-refractivity contribution in [1.29, 1.82) is 0 Å². The number of anilines is 1. The van der Waals surface area contributed by atoms with Gasteiger partial charge in [0.2, 0.25) is 5.91 Å².